The van der Waals surface area contributed by atoms with Crippen LogP contribution in [0.1, 0.15) is 43.9 Å². The molecule has 1 aromatic carbocycles. The molecule has 0 spiro atoms. The molecule has 22 heavy (non-hydrogen) atoms. The van der Waals surface area contributed by atoms with E-state index in [1.54, 1.807) is 6.92 Å². The fraction of sp³-hybridized carbons (Fsp3) is 0.611. The molecule has 0 bridgehead atoms. The summed E-state index contributed by atoms with van der Waals surface area (Å²) in [4.78, 5) is 14.2. The monoisotopic (exact) mass is 301 g/mol. The topological polar surface area (TPSA) is 44.4 Å². The maximum Gasteiger partial charge on any atom is 0.217 e. The summed E-state index contributed by atoms with van der Waals surface area (Å²) in [6, 6.07) is 6.82. The number of carbonyl (C=O) groups is 1. The Kier molecular flexibility index (Phi) is 4.67. The Morgan fingerprint density at radius 2 is 2.18 bits per heavy atom. The van der Waals surface area contributed by atoms with Crippen LogP contribution in [0.4, 0.5) is 5.69 Å². The Bertz CT molecular complexity index is 535. The smallest absolute Gasteiger partial charge is 0.217 e. The lowest BCUT2D eigenvalue weighted by molar-refractivity contribution is -0.120. The minimum Gasteiger partial charge on any atom is -0.384 e. The Hall–Kier alpha value is -1.55. The first-order valence-corrected chi connectivity index (χ1v) is 8.53. The second kappa shape index (κ2) is 6.69. The number of benzene rings is 1. The maximum absolute atomic E-state index is 11.7. The van der Waals surface area contributed by atoms with Gasteiger partial charge in [0, 0.05) is 19.2 Å². The van der Waals surface area contributed by atoms with Crippen LogP contribution < -0.4 is 10.6 Å². The van der Waals surface area contributed by atoms with Crippen molar-refractivity contribution in [3.05, 3.63) is 29.3 Å². The van der Waals surface area contributed by atoms with Crippen molar-refractivity contribution in [1.29, 1.82) is 0 Å². The molecule has 1 saturated heterocycles. The van der Waals surface area contributed by atoms with Gasteiger partial charge in [-0.3, -0.25) is 4.79 Å². The van der Waals surface area contributed by atoms with E-state index in [1.807, 2.05) is 0 Å². The van der Waals surface area contributed by atoms with E-state index in [0.717, 1.165) is 45.4 Å². The molecule has 4 heteroatoms. The van der Waals surface area contributed by atoms with Crippen LogP contribution in [0.2, 0.25) is 0 Å². The number of likely N-dealkylation sites (tertiary alicyclic amines) is 1. The molecule has 2 heterocycles. The highest BCUT2D eigenvalue weighted by molar-refractivity contribution is 5.73. The molecule has 1 amide bonds. The van der Waals surface area contributed by atoms with Crippen LogP contribution >= 0.6 is 0 Å². The zero-order chi connectivity index (χ0) is 15.5. The first kappa shape index (κ1) is 15.3. The van der Waals surface area contributed by atoms with Gasteiger partial charge in [0.2, 0.25) is 5.91 Å². The van der Waals surface area contributed by atoms with Crippen molar-refractivity contribution in [3.8, 4) is 0 Å². The number of nitrogens with zero attached hydrogens (tertiary/aromatic N) is 1. The van der Waals surface area contributed by atoms with Crippen molar-refractivity contribution < 1.29 is 4.79 Å². The molecule has 3 rings (SSSR count). The number of hydrogen-bond acceptors (Lipinski definition) is 3. The first-order chi connectivity index (χ1) is 10.7. The maximum atomic E-state index is 11.7. The van der Waals surface area contributed by atoms with E-state index in [1.165, 1.54) is 16.8 Å². The molecule has 0 radical (unpaired) electrons. The highest BCUT2D eigenvalue weighted by Crippen LogP contribution is 2.34. The first-order valence-electron chi connectivity index (χ1n) is 8.53. The van der Waals surface area contributed by atoms with Crippen LogP contribution in [0, 0.1) is 5.92 Å². The van der Waals surface area contributed by atoms with Crippen LogP contribution in [0.25, 0.3) is 0 Å². The number of amides is 1. The Labute approximate surface area is 133 Å². The lowest BCUT2D eigenvalue weighted by atomic mass is 9.84. The summed E-state index contributed by atoms with van der Waals surface area (Å²) >= 11 is 0. The normalized spacial score (nSPS) is 20.3. The summed E-state index contributed by atoms with van der Waals surface area (Å²) in [6.45, 7) is 8.28. The van der Waals surface area contributed by atoms with Gasteiger partial charge in [-0.15, -0.1) is 0 Å². The van der Waals surface area contributed by atoms with Crippen LogP contribution in [-0.2, 0) is 11.2 Å². The summed E-state index contributed by atoms with van der Waals surface area (Å²) in [7, 11) is 0. The van der Waals surface area contributed by atoms with Gasteiger partial charge < -0.3 is 15.5 Å². The number of rotatable bonds is 4. The van der Waals surface area contributed by atoms with Crippen molar-refractivity contribution >= 4 is 11.6 Å². The second-order valence-electron chi connectivity index (χ2n) is 6.54. The standard InChI is InChI=1S/C18H27N3O/c1-3-21-10-7-15(8-11-21)18(20-13(2)22)16-5-4-14-6-9-19-17(14)12-16/h4-5,12,15,18-19H,3,6-11H2,1-2H3,(H,20,22). The summed E-state index contributed by atoms with van der Waals surface area (Å²) in [5, 5.41) is 6.65. The van der Waals surface area contributed by atoms with Crippen molar-refractivity contribution in [2.75, 3.05) is 31.5 Å². The third kappa shape index (κ3) is 3.27. The molecule has 1 atom stereocenters. The average molecular weight is 301 g/mol. The van der Waals surface area contributed by atoms with Gasteiger partial charge in [0.15, 0.2) is 0 Å². The molecule has 0 aliphatic carbocycles. The minimum absolute atomic E-state index is 0.0661. The van der Waals surface area contributed by atoms with Crippen LogP contribution in [-0.4, -0.2) is 37.0 Å². The van der Waals surface area contributed by atoms with Gasteiger partial charge in [-0.2, -0.15) is 0 Å². The van der Waals surface area contributed by atoms with Gasteiger partial charge in [0.1, 0.15) is 0 Å². The van der Waals surface area contributed by atoms with Gasteiger partial charge in [0.25, 0.3) is 0 Å². The zero-order valence-electron chi connectivity index (χ0n) is 13.7. The molecule has 1 aromatic rings. The second-order valence-corrected chi connectivity index (χ2v) is 6.54. The summed E-state index contributed by atoms with van der Waals surface area (Å²) in [5.41, 5.74) is 3.89. The molecule has 1 fully saturated rings. The number of piperidine rings is 1. The van der Waals surface area contributed by atoms with E-state index >= 15 is 0 Å². The van der Waals surface area contributed by atoms with E-state index in [9.17, 15) is 4.79 Å². The SMILES string of the molecule is CCN1CCC(C(NC(C)=O)c2ccc3c(c2)NCC3)CC1. The number of anilines is 1. The molecule has 4 nitrogen and oxygen atoms in total. The van der Waals surface area contributed by atoms with Crippen LogP contribution in [0.5, 0.6) is 0 Å². The number of nitrogens with one attached hydrogen (secondary N) is 2. The van der Waals surface area contributed by atoms with E-state index in [-0.39, 0.29) is 11.9 Å². The fourth-order valence-corrected chi connectivity index (χ4v) is 3.80. The fourth-order valence-electron chi connectivity index (χ4n) is 3.80. The molecule has 2 aliphatic rings. The quantitative estimate of drug-likeness (QED) is 0.898. The number of hydrogen-bond donors (Lipinski definition) is 2. The van der Waals surface area contributed by atoms with Gasteiger partial charge in [-0.1, -0.05) is 19.1 Å². The predicted molar refractivity (Wildman–Crippen MR) is 90.0 cm³/mol. The lowest BCUT2D eigenvalue weighted by Gasteiger charge is -2.36. The van der Waals surface area contributed by atoms with E-state index in [4.69, 9.17) is 0 Å². The van der Waals surface area contributed by atoms with E-state index < -0.39 is 0 Å². The van der Waals surface area contributed by atoms with Crippen molar-refractivity contribution in [2.24, 2.45) is 5.92 Å². The number of fused-ring (bicyclic) bond motifs is 1. The van der Waals surface area contributed by atoms with Gasteiger partial charge in [-0.05, 0) is 62.0 Å². The van der Waals surface area contributed by atoms with Gasteiger partial charge in [-0.25, -0.2) is 0 Å². The average Bonchev–Trinajstić information content (AvgIpc) is 3.00. The van der Waals surface area contributed by atoms with Crippen molar-refractivity contribution in [3.63, 3.8) is 0 Å². The summed E-state index contributed by atoms with van der Waals surface area (Å²) < 4.78 is 0. The molecular formula is C18H27N3O. The molecule has 120 valence electrons. The molecule has 2 aliphatic heterocycles. The highest BCUT2D eigenvalue weighted by Gasteiger charge is 2.28. The molecule has 0 aromatic heterocycles. The molecule has 0 saturated carbocycles. The largest absolute Gasteiger partial charge is 0.384 e. The Balaban J connectivity index is 1.79. The Morgan fingerprint density at radius 3 is 2.86 bits per heavy atom. The molecule has 1 unspecified atom stereocenters. The summed E-state index contributed by atoms with van der Waals surface area (Å²) in [6.07, 6.45) is 3.42. The third-order valence-electron chi connectivity index (χ3n) is 5.11. The van der Waals surface area contributed by atoms with Crippen molar-refractivity contribution in [1.82, 2.24) is 10.2 Å². The Morgan fingerprint density at radius 1 is 1.41 bits per heavy atom. The van der Waals surface area contributed by atoms with Crippen molar-refractivity contribution in [2.45, 2.75) is 39.2 Å². The highest BCUT2D eigenvalue weighted by atomic mass is 16.1. The molecule has 2 N–H and O–H groups in total. The van der Waals surface area contributed by atoms with Crippen LogP contribution in [0.15, 0.2) is 18.2 Å². The van der Waals surface area contributed by atoms with E-state index in [0.29, 0.717) is 5.92 Å². The third-order valence-corrected chi connectivity index (χ3v) is 5.11. The number of carbonyl (C=O) groups excluding carboxylic acids is 1. The summed E-state index contributed by atoms with van der Waals surface area (Å²) in [5.74, 6) is 0.600. The van der Waals surface area contributed by atoms with Gasteiger partial charge >= 0.3 is 0 Å². The lowest BCUT2D eigenvalue weighted by Crippen LogP contribution is -2.40. The van der Waals surface area contributed by atoms with Crippen LogP contribution in [0.3, 0.4) is 0 Å². The molecular weight excluding hydrogens is 274 g/mol. The van der Waals surface area contributed by atoms with Gasteiger partial charge in [0.05, 0.1) is 6.04 Å². The zero-order valence-corrected chi connectivity index (χ0v) is 13.7. The van der Waals surface area contributed by atoms with E-state index in [2.05, 4.69) is 40.7 Å². The predicted octanol–water partition coefficient (Wildman–Crippen LogP) is 2.56. The minimum atomic E-state index is 0.0661.